The molecule has 5 heteroatoms. The first-order valence-electron chi connectivity index (χ1n) is 5.57. The van der Waals surface area contributed by atoms with Crippen LogP contribution in [0.2, 0.25) is 0 Å². The summed E-state index contributed by atoms with van der Waals surface area (Å²) in [7, 11) is 0. The summed E-state index contributed by atoms with van der Waals surface area (Å²) >= 11 is 6.43. The van der Waals surface area contributed by atoms with Crippen LogP contribution in [-0.4, -0.2) is 28.0 Å². The van der Waals surface area contributed by atoms with Gasteiger partial charge in [-0.05, 0) is 11.6 Å². The molecule has 1 amide bonds. The van der Waals surface area contributed by atoms with E-state index in [4.69, 9.17) is 12.2 Å². The Morgan fingerprint density at radius 3 is 2.47 bits per heavy atom. The fourth-order valence-corrected chi connectivity index (χ4v) is 2.88. The molecule has 1 heterocycles. The molecule has 0 spiro atoms. The predicted molar refractivity (Wildman–Crippen MR) is 81.9 cm³/mol. The number of thiocarbonyl (C=S) groups is 1. The number of thioether (sulfide) groups is 1. The first kappa shape index (κ1) is 13.7. The molecule has 0 aromatic heterocycles. The minimum Gasteiger partial charge on any atom is -0.298 e. The number of carbonyl (C=O) groups is 2. The van der Waals surface area contributed by atoms with Gasteiger partial charge in [0.15, 0.2) is 0 Å². The van der Waals surface area contributed by atoms with Gasteiger partial charge in [0, 0.05) is 12.1 Å². The number of amides is 1. The van der Waals surface area contributed by atoms with Gasteiger partial charge >= 0.3 is 0 Å². The molecule has 0 unspecified atom stereocenters. The van der Waals surface area contributed by atoms with Crippen molar-refractivity contribution in [1.29, 1.82) is 0 Å². The Morgan fingerprint density at radius 1 is 1.26 bits per heavy atom. The average Bonchev–Trinajstić information content (AvgIpc) is 2.68. The number of aldehydes is 1. The van der Waals surface area contributed by atoms with Crippen LogP contribution in [0, 0.1) is 0 Å². The lowest BCUT2D eigenvalue weighted by atomic mass is 10.1. The lowest BCUT2D eigenvalue weighted by Crippen LogP contribution is -2.27. The number of hydrogen-bond donors (Lipinski definition) is 0. The van der Waals surface area contributed by atoms with Crippen molar-refractivity contribution in [3.8, 4) is 0 Å². The molecule has 0 aliphatic carbocycles. The SMILES string of the molecule is C=CCN1C(=O)C(=Cc2ccc(C=O)cc2)SC1=S. The molecule has 0 atom stereocenters. The lowest BCUT2D eigenvalue weighted by molar-refractivity contribution is -0.121. The second-order valence-electron chi connectivity index (χ2n) is 3.87. The van der Waals surface area contributed by atoms with Gasteiger partial charge < -0.3 is 0 Å². The highest BCUT2D eigenvalue weighted by molar-refractivity contribution is 8.26. The number of hydrogen-bond acceptors (Lipinski definition) is 4. The molecule has 0 N–H and O–H groups in total. The van der Waals surface area contributed by atoms with Gasteiger partial charge in [0.25, 0.3) is 5.91 Å². The van der Waals surface area contributed by atoms with Crippen molar-refractivity contribution in [3.05, 3.63) is 53.0 Å². The molecule has 96 valence electrons. The fraction of sp³-hybridized carbons (Fsp3) is 0.0714. The zero-order valence-corrected chi connectivity index (χ0v) is 11.7. The highest BCUT2D eigenvalue weighted by atomic mass is 32.2. The topological polar surface area (TPSA) is 37.4 Å². The van der Waals surface area contributed by atoms with Gasteiger partial charge in [-0.2, -0.15) is 0 Å². The average molecular weight is 289 g/mol. The zero-order valence-electron chi connectivity index (χ0n) is 10.0. The summed E-state index contributed by atoms with van der Waals surface area (Å²) in [6, 6.07) is 7.01. The summed E-state index contributed by atoms with van der Waals surface area (Å²) in [6.07, 6.45) is 4.21. The highest BCUT2D eigenvalue weighted by Crippen LogP contribution is 2.32. The van der Waals surface area contributed by atoms with E-state index >= 15 is 0 Å². The Kier molecular flexibility index (Phi) is 4.29. The first-order chi connectivity index (χ1) is 9.15. The summed E-state index contributed by atoms with van der Waals surface area (Å²) in [6.45, 7) is 4.03. The third-order valence-electron chi connectivity index (χ3n) is 2.56. The van der Waals surface area contributed by atoms with E-state index in [1.54, 1.807) is 36.4 Å². The largest absolute Gasteiger partial charge is 0.298 e. The minimum absolute atomic E-state index is 0.102. The Morgan fingerprint density at radius 2 is 1.89 bits per heavy atom. The van der Waals surface area contributed by atoms with Gasteiger partial charge in [-0.3, -0.25) is 14.5 Å². The smallest absolute Gasteiger partial charge is 0.266 e. The monoisotopic (exact) mass is 289 g/mol. The summed E-state index contributed by atoms with van der Waals surface area (Å²) in [5.74, 6) is -0.102. The molecule has 1 aliphatic heterocycles. The second kappa shape index (κ2) is 5.95. The minimum atomic E-state index is -0.102. The maximum Gasteiger partial charge on any atom is 0.266 e. The van der Waals surface area contributed by atoms with Crippen LogP contribution in [0.5, 0.6) is 0 Å². The van der Waals surface area contributed by atoms with Crippen molar-refractivity contribution in [3.63, 3.8) is 0 Å². The van der Waals surface area contributed by atoms with Gasteiger partial charge in [0.1, 0.15) is 10.6 Å². The maximum absolute atomic E-state index is 12.1. The molecule has 0 radical (unpaired) electrons. The normalized spacial score (nSPS) is 17.1. The lowest BCUT2D eigenvalue weighted by Gasteiger charge is -2.10. The van der Waals surface area contributed by atoms with Crippen molar-refractivity contribution < 1.29 is 9.59 Å². The summed E-state index contributed by atoms with van der Waals surface area (Å²) in [5, 5.41) is 0. The zero-order chi connectivity index (χ0) is 13.8. The van der Waals surface area contributed by atoms with Gasteiger partial charge in [0.2, 0.25) is 0 Å². The van der Waals surface area contributed by atoms with E-state index in [0.29, 0.717) is 21.3 Å². The Labute approximate surface area is 121 Å². The predicted octanol–water partition coefficient (Wildman–Crippen LogP) is 2.89. The maximum atomic E-state index is 12.1. The van der Waals surface area contributed by atoms with E-state index in [9.17, 15) is 9.59 Å². The van der Waals surface area contributed by atoms with E-state index in [-0.39, 0.29) is 5.91 Å². The summed E-state index contributed by atoms with van der Waals surface area (Å²) in [5.41, 5.74) is 1.47. The van der Waals surface area contributed by atoms with Crippen LogP contribution in [0.15, 0.2) is 41.8 Å². The van der Waals surface area contributed by atoms with Gasteiger partial charge in [0.05, 0.1) is 4.91 Å². The van der Waals surface area contributed by atoms with E-state index in [1.807, 2.05) is 0 Å². The van der Waals surface area contributed by atoms with Crippen LogP contribution in [0.1, 0.15) is 15.9 Å². The molecule has 2 rings (SSSR count). The van der Waals surface area contributed by atoms with Crippen LogP contribution in [0.3, 0.4) is 0 Å². The molecule has 1 saturated heterocycles. The third-order valence-corrected chi connectivity index (χ3v) is 3.93. The summed E-state index contributed by atoms with van der Waals surface area (Å²) < 4.78 is 0.542. The van der Waals surface area contributed by atoms with Gasteiger partial charge in [-0.1, -0.05) is 54.3 Å². The van der Waals surface area contributed by atoms with Crippen molar-refractivity contribution in [2.24, 2.45) is 0 Å². The van der Waals surface area contributed by atoms with Gasteiger partial charge in [-0.25, -0.2) is 0 Å². The number of carbonyl (C=O) groups excluding carboxylic acids is 2. The van der Waals surface area contributed by atoms with Crippen molar-refractivity contribution in [2.75, 3.05) is 6.54 Å². The van der Waals surface area contributed by atoms with Crippen molar-refractivity contribution in [2.45, 2.75) is 0 Å². The van der Waals surface area contributed by atoms with Crippen LogP contribution >= 0.6 is 24.0 Å². The highest BCUT2D eigenvalue weighted by Gasteiger charge is 2.30. The van der Waals surface area contributed by atoms with Crippen molar-refractivity contribution >= 4 is 46.6 Å². The quantitative estimate of drug-likeness (QED) is 0.370. The molecular formula is C14H11NO2S2. The molecule has 1 aromatic rings. The van der Waals surface area contributed by atoms with Crippen LogP contribution in [0.25, 0.3) is 6.08 Å². The molecule has 1 aromatic carbocycles. The number of rotatable bonds is 4. The molecule has 3 nitrogen and oxygen atoms in total. The molecule has 0 bridgehead atoms. The van der Waals surface area contributed by atoms with Crippen LogP contribution < -0.4 is 0 Å². The van der Waals surface area contributed by atoms with Gasteiger partial charge in [-0.15, -0.1) is 6.58 Å². The van der Waals surface area contributed by atoms with Crippen LogP contribution in [0.4, 0.5) is 0 Å². The number of benzene rings is 1. The molecule has 1 fully saturated rings. The fourth-order valence-electron chi connectivity index (χ4n) is 1.61. The van der Waals surface area contributed by atoms with Crippen molar-refractivity contribution in [1.82, 2.24) is 4.90 Å². The number of nitrogens with zero attached hydrogens (tertiary/aromatic N) is 1. The molecular weight excluding hydrogens is 278 g/mol. The Bertz CT molecular complexity index is 576. The van der Waals surface area contributed by atoms with E-state index in [2.05, 4.69) is 6.58 Å². The third kappa shape index (κ3) is 3.00. The van der Waals surface area contributed by atoms with E-state index in [0.717, 1.165) is 11.8 Å². The summed E-state index contributed by atoms with van der Waals surface area (Å²) in [4.78, 5) is 24.7. The van der Waals surface area contributed by atoms with Crippen LogP contribution in [-0.2, 0) is 4.79 Å². The standard InChI is InChI=1S/C14H11NO2S2/c1-2-7-15-13(17)12(19-14(15)18)8-10-3-5-11(9-16)6-4-10/h2-6,8-9H,1,7H2. The van der Waals surface area contributed by atoms with E-state index in [1.165, 1.54) is 16.7 Å². The molecule has 0 saturated carbocycles. The molecule has 1 aliphatic rings. The first-order valence-corrected chi connectivity index (χ1v) is 6.79. The molecule has 19 heavy (non-hydrogen) atoms. The Balaban J connectivity index is 2.24. The van der Waals surface area contributed by atoms with E-state index < -0.39 is 0 Å². The second-order valence-corrected chi connectivity index (χ2v) is 5.54. The Hall–Kier alpha value is -1.72.